The van der Waals surface area contributed by atoms with Crippen molar-refractivity contribution < 1.29 is 14.4 Å². The van der Waals surface area contributed by atoms with Gasteiger partial charge < -0.3 is 15.1 Å². The maximum Gasteiger partial charge on any atom is 0.274 e. The topological polar surface area (TPSA) is 99.7 Å². The third kappa shape index (κ3) is 3.08. The van der Waals surface area contributed by atoms with Crippen LogP contribution < -0.4 is 5.32 Å². The lowest BCUT2D eigenvalue weighted by Gasteiger charge is -2.39. The number of hydrogen-bond donors (Lipinski definition) is 2. The van der Waals surface area contributed by atoms with Gasteiger partial charge in [0, 0.05) is 30.2 Å². The third-order valence-corrected chi connectivity index (χ3v) is 5.67. The van der Waals surface area contributed by atoms with Crippen LogP contribution >= 0.6 is 0 Å². The number of aryl methyl sites for hydroxylation is 1. The van der Waals surface area contributed by atoms with Crippen molar-refractivity contribution in [3.63, 3.8) is 0 Å². The van der Waals surface area contributed by atoms with Gasteiger partial charge in [-0.15, -0.1) is 0 Å². The van der Waals surface area contributed by atoms with Crippen molar-refractivity contribution in [2.24, 2.45) is 5.16 Å². The van der Waals surface area contributed by atoms with Gasteiger partial charge in [-0.2, -0.15) is 5.10 Å². The van der Waals surface area contributed by atoms with E-state index < -0.39 is 6.10 Å². The molecule has 2 amide bonds. The number of piperidine rings is 1. The standard InChI is InChI=1S/C18H25N5O3/c1-3-11-9-16(26-22-11)17(24)19-12-7-13-4-5-14(8-12)23(13)18(25)15-6-10(2)20-21-15/h6,12-14,16H,3-5,7-9H2,1-2H3,(H,19,24)(H,20,21). The largest absolute Gasteiger partial charge is 0.382 e. The van der Waals surface area contributed by atoms with Crippen LogP contribution in [0.25, 0.3) is 0 Å². The van der Waals surface area contributed by atoms with Crippen LogP contribution in [0.15, 0.2) is 11.2 Å². The molecule has 26 heavy (non-hydrogen) atoms. The zero-order chi connectivity index (χ0) is 18.3. The van der Waals surface area contributed by atoms with Crippen LogP contribution in [-0.2, 0) is 9.63 Å². The zero-order valence-corrected chi connectivity index (χ0v) is 15.2. The van der Waals surface area contributed by atoms with E-state index in [0.29, 0.717) is 12.1 Å². The van der Waals surface area contributed by atoms with Crippen molar-refractivity contribution in [1.82, 2.24) is 20.4 Å². The predicted octanol–water partition coefficient (Wildman–Crippen LogP) is 1.52. The van der Waals surface area contributed by atoms with Gasteiger partial charge in [0.1, 0.15) is 5.69 Å². The molecule has 0 radical (unpaired) electrons. The predicted molar refractivity (Wildman–Crippen MR) is 94.7 cm³/mol. The highest BCUT2D eigenvalue weighted by Gasteiger charge is 2.44. The summed E-state index contributed by atoms with van der Waals surface area (Å²) in [6.07, 6.45) is 4.41. The fraction of sp³-hybridized carbons (Fsp3) is 0.667. The van der Waals surface area contributed by atoms with Crippen LogP contribution in [0, 0.1) is 6.92 Å². The second-order valence-electron chi connectivity index (χ2n) is 7.52. The van der Waals surface area contributed by atoms with Crippen molar-refractivity contribution in [3.8, 4) is 0 Å². The molecule has 4 heterocycles. The summed E-state index contributed by atoms with van der Waals surface area (Å²) in [6.45, 7) is 3.90. The Bertz CT molecular complexity index is 729. The quantitative estimate of drug-likeness (QED) is 0.851. The first-order valence-electron chi connectivity index (χ1n) is 9.41. The van der Waals surface area contributed by atoms with E-state index in [1.54, 1.807) is 6.07 Å². The highest BCUT2D eigenvalue weighted by Crippen LogP contribution is 2.36. The first kappa shape index (κ1) is 17.1. The lowest BCUT2D eigenvalue weighted by molar-refractivity contribution is -0.132. The molecule has 2 N–H and O–H groups in total. The van der Waals surface area contributed by atoms with E-state index in [1.807, 2.05) is 18.7 Å². The number of H-pyrrole nitrogens is 1. The second-order valence-corrected chi connectivity index (χ2v) is 7.52. The number of aromatic nitrogens is 2. The van der Waals surface area contributed by atoms with Crippen molar-refractivity contribution in [2.45, 2.75) is 76.6 Å². The Morgan fingerprint density at radius 1 is 1.35 bits per heavy atom. The third-order valence-electron chi connectivity index (χ3n) is 5.67. The number of amides is 2. The molecule has 2 fully saturated rings. The summed E-state index contributed by atoms with van der Waals surface area (Å²) in [5, 5.41) is 14.0. The first-order valence-corrected chi connectivity index (χ1v) is 9.41. The van der Waals surface area contributed by atoms with Gasteiger partial charge in [-0.3, -0.25) is 14.7 Å². The van der Waals surface area contributed by atoms with Crippen LogP contribution in [0.4, 0.5) is 0 Å². The van der Waals surface area contributed by atoms with Crippen LogP contribution in [0.3, 0.4) is 0 Å². The molecule has 2 saturated heterocycles. The van der Waals surface area contributed by atoms with E-state index >= 15 is 0 Å². The van der Waals surface area contributed by atoms with Gasteiger partial charge in [0.15, 0.2) is 0 Å². The molecule has 140 valence electrons. The Morgan fingerprint density at radius 2 is 2.08 bits per heavy atom. The minimum Gasteiger partial charge on any atom is -0.382 e. The summed E-state index contributed by atoms with van der Waals surface area (Å²) in [5.41, 5.74) is 2.29. The molecule has 0 aliphatic carbocycles. The summed E-state index contributed by atoms with van der Waals surface area (Å²) < 4.78 is 0. The minimum absolute atomic E-state index is 0.00765. The van der Waals surface area contributed by atoms with Gasteiger partial charge in [0.05, 0.1) is 5.71 Å². The van der Waals surface area contributed by atoms with E-state index in [9.17, 15) is 9.59 Å². The van der Waals surface area contributed by atoms with Gasteiger partial charge in [0.25, 0.3) is 11.8 Å². The van der Waals surface area contributed by atoms with Gasteiger partial charge in [-0.25, -0.2) is 0 Å². The molecule has 0 saturated carbocycles. The highest BCUT2D eigenvalue weighted by atomic mass is 16.6. The number of fused-ring (bicyclic) bond motifs is 2. The van der Waals surface area contributed by atoms with Gasteiger partial charge in [-0.05, 0) is 45.1 Å². The van der Waals surface area contributed by atoms with Crippen LogP contribution in [0.2, 0.25) is 0 Å². The van der Waals surface area contributed by atoms with E-state index in [2.05, 4.69) is 20.7 Å². The summed E-state index contributed by atoms with van der Waals surface area (Å²) >= 11 is 0. The van der Waals surface area contributed by atoms with E-state index in [-0.39, 0.29) is 29.9 Å². The molecule has 3 unspecified atom stereocenters. The molecule has 2 bridgehead atoms. The zero-order valence-electron chi connectivity index (χ0n) is 15.2. The number of aromatic amines is 1. The fourth-order valence-corrected chi connectivity index (χ4v) is 4.36. The van der Waals surface area contributed by atoms with Crippen LogP contribution in [0.5, 0.6) is 0 Å². The van der Waals surface area contributed by atoms with Crippen molar-refractivity contribution in [2.75, 3.05) is 0 Å². The molecule has 1 aromatic heterocycles. The first-order chi connectivity index (χ1) is 12.5. The van der Waals surface area contributed by atoms with Crippen molar-refractivity contribution in [1.29, 1.82) is 0 Å². The van der Waals surface area contributed by atoms with Crippen LogP contribution in [0.1, 0.15) is 61.6 Å². The second kappa shape index (κ2) is 6.74. The van der Waals surface area contributed by atoms with Gasteiger partial charge >= 0.3 is 0 Å². The number of rotatable bonds is 4. The molecule has 3 aliphatic heterocycles. The maximum atomic E-state index is 12.8. The minimum atomic E-state index is -0.505. The summed E-state index contributed by atoms with van der Waals surface area (Å²) in [4.78, 5) is 32.5. The molecule has 3 atom stereocenters. The number of carbonyl (C=O) groups excluding carboxylic acids is 2. The Morgan fingerprint density at radius 3 is 2.65 bits per heavy atom. The molecule has 3 aliphatic rings. The monoisotopic (exact) mass is 359 g/mol. The summed E-state index contributed by atoms with van der Waals surface area (Å²) in [7, 11) is 0. The van der Waals surface area contributed by atoms with Crippen molar-refractivity contribution in [3.05, 3.63) is 17.5 Å². The average Bonchev–Trinajstić information content (AvgIpc) is 3.33. The SMILES string of the molecule is CCC1=NOC(C(=O)NC2CC3CCC(C2)N3C(=O)c2cc(C)[nH]n2)C1. The molecule has 0 spiro atoms. The Kier molecular flexibility index (Phi) is 4.42. The number of oxime groups is 1. The van der Waals surface area contributed by atoms with Gasteiger partial charge in [-0.1, -0.05) is 12.1 Å². The normalized spacial score (nSPS) is 30.1. The average molecular weight is 359 g/mol. The van der Waals surface area contributed by atoms with Crippen molar-refractivity contribution >= 4 is 17.5 Å². The van der Waals surface area contributed by atoms with Crippen LogP contribution in [-0.4, -0.2) is 56.9 Å². The molecule has 8 nitrogen and oxygen atoms in total. The molecular formula is C18H25N5O3. The summed E-state index contributed by atoms with van der Waals surface area (Å²) in [5.74, 6) is -0.101. The number of nitrogens with one attached hydrogen (secondary N) is 2. The molecule has 1 aromatic rings. The fourth-order valence-electron chi connectivity index (χ4n) is 4.36. The molecular weight excluding hydrogens is 334 g/mol. The Labute approximate surface area is 152 Å². The highest BCUT2D eigenvalue weighted by molar-refractivity contribution is 5.94. The Balaban J connectivity index is 1.36. The maximum absolute atomic E-state index is 12.8. The lowest BCUT2D eigenvalue weighted by atomic mass is 9.96. The molecule has 0 aromatic carbocycles. The Hall–Kier alpha value is -2.38. The number of hydrogen-bond acceptors (Lipinski definition) is 5. The van der Waals surface area contributed by atoms with E-state index in [0.717, 1.165) is 43.5 Å². The van der Waals surface area contributed by atoms with E-state index in [1.165, 1.54) is 0 Å². The number of carbonyl (C=O) groups is 2. The molecule has 4 rings (SSSR count). The molecule has 8 heteroatoms. The van der Waals surface area contributed by atoms with E-state index in [4.69, 9.17) is 4.84 Å². The van der Waals surface area contributed by atoms with Gasteiger partial charge in [0.2, 0.25) is 6.10 Å². The number of nitrogens with zero attached hydrogens (tertiary/aromatic N) is 3. The smallest absolute Gasteiger partial charge is 0.274 e. The summed E-state index contributed by atoms with van der Waals surface area (Å²) in [6, 6.07) is 2.20. The lowest BCUT2D eigenvalue weighted by Crippen LogP contribution is -2.53.